The molecule has 5 nitrogen and oxygen atoms in total. The molecule has 1 heterocycles. The molecule has 0 aliphatic rings. The predicted molar refractivity (Wildman–Crippen MR) is 102 cm³/mol. The van der Waals surface area contributed by atoms with Gasteiger partial charge in [0, 0.05) is 12.1 Å². The van der Waals surface area contributed by atoms with E-state index in [1.54, 1.807) is 24.3 Å². The largest absolute Gasteiger partial charge is 0.548 e. The predicted octanol–water partition coefficient (Wildman–Crippen LogP) is 2.29. The van der Waals surface area contributed by atoms with Crippen molar-refractivity contribution < 1.29 is 20.0 Å². The molecular weight excluding hydrogens is 340 g/mol. The van der Waals surface area contributed by atoms with E-state index in [0.717, 1.165) is 33.1 Å². The van der Waals surface area contributed by atoms with Crippen LogP contribution in [0.4, 0.5) is 5.69 Å². The molecule has 4 rings (SSSR count). The van der Waals surface area contributed by atoms with Crippen LogP contribution in [0.2, 0.25) is 0 Å². The summed E-state index contributed by atoms with van der Waals surface area (Å²) in [4.78, 5) is 15.2. The first-order valence-electron chi connectivity index (χ1n) is 8.70. The van der Waals surface area contributed by atoms with E-state index in [-0.39, 0.29) is 12.2 Å². The number of para-hydroxylation sites is 2. The number of benzene rings is 3. The first kappa shape index (κ1) is 16.8. The highest BCUT2D eigenvalue weighted by molar-refractivity contribution is 6.05. The Morgan fingerprint density at radius 2 is 1.48 bits per heavy atom. The van der Waals surface area contributed by atoms with Crippen LogP contribution in [0.15, 0.2) is 72.8 Å². The highest BCUT2D eigenvalue weighted by Crippen LogP contribution is 2.29. The number of anilines is 1. The second kappa shape index (κ2) is 6.96. The van der Waals surface area contributed by atoms with E-state index in [0.29, 0.717) is 0 Å². The fourth-order valence-electron chi connectivity index (χ4n) is 3.30. The van der Waals surface area contributed by atoms with Gasteiger partial charge in [-0.05, 0) is 36.2 Å². The zero-order valence-corrected chi connectivity index (χ0v) is 14.5. The van der Waals surface area contributed by atoms with Crippen LogP contribution in [0, 0.1) is 0 Å². The number of carboxylic acid groups (broad SMARTS) is 1. The van der Waals surface area contributed by atoms with Crippen LogP contribution < -0.4 is 15.4 Å². The van der Waals surface area contributed by atoms with E-state index < -0.39 is 12.0 Å². The summed E-state index contributed by atoms with van der Waals surface area (Å²) in [7, 11) is 0. The quantitative estimate of drug-likeness (QED) is 0.536. The summed E-state index contributed by atoms with van der Waals surface area (Å²) in [6, 6.07) is 21.1. The molecule has 0 saturated carbocycles. The molecule has 1 atom stereocenters. The molecule has 0 unspecified atom stereocenters. The molecule has 5 heteroatoms. The van der Waals surface area contributed by atoms with E-state index >= 15 is 0 Å². The number of aromatic amines is 1. The van der Waals surface area contributed by atoms with Crippen molar-refractivity contribution >= 4 is 33.5 Å². The Hall–Kier alpha value is -3.60. The molecule has 0 aliphatic carbocycles. The van der Waals surface area contributed by atoms with Crippen molar-refractivity contribution in [3.8, 4) is 5.75 Å². The third-order valence-electron chi connectivity index (χ3n) is 4.64. The van der Waals surface area contributed by atoms with Gasteiger partial charge in [0.2, 0.25) is 11.0 Å². The summed E-state index contributed by atoms with van der Waals surface area (Å²) in [6.45, 7) is 0. The molecule has 0 aliphatic heterocycles. The topological polar surface area (TPSA) is 86.5 Å². The second-order valence-electron chi connectivity index (χ2n) is 6.48. The van der Waals surface area contributed by atoms with Gasteiger partial charge in [-0.15, -0.1) is 0 Å². The number of nitrogens with one attached hydrogen (secondary N) is 2. The Morgan fingerprint density at radius 1 is 0.926 bits per heavy atom. The number of hydrogen-bond acceptors (Lipinski definition) is 4. The summed E-state index contributed by atoms with van der Waals surface area (Å²) in [6.07, 6.45) is 0.240. The van der Waals surface area contributed by atoms with Gasteiger partial charge in [-0.1, -0.05) is 36.4 Å². The monoisotopic (exact) mass is 358 g/mol. The molecule has 0 amide bonds. The third-order valence-corrected chi connectivity index (χ3v) is 4.64. The van der Waals surface area contributed by atoms with Crippen LogP contribution in [0.5, 0.6) is 5.75 Å². The van der Waals surface area contributed by atoms with Crippen LogP contribution in [-0.4, -0.2) is 17.1 Å². The van der Waals surface area contributed by atoms with Gasteiger partial charge in [-0.2, -0.15) is 0 Å². The number of pyridine rings is 1. The lowest BCUT2D eigenvalue weighted by Crippen LogP contribution is -2.42. The number of rotatable bonds is 5. The number of aromatic hydroxyl groups is 1. The molecule has 134 valence electrons. The van der Waals surface area contributed by atoms with Crippen LogP contribution in [0.3, 0.4) is 0 Å². The number of hydrogen-bond donors (Lipinski definition) is 2. The van der Waals surface area contributed by atoms with Gasteiger partial charge in [0.15, 0.2) is 0 Å². The number of H-pyrrole nitrogens is 1. The molecule has 0 fully saturated rings. The highest BCUT2D eigenvalue weighted by Gasteiger charge is 2.18. The molecule has 27 heavy (non-hydrogen) atoms. The molecule has 1 aromatic heterocycles. The van der Waals surface area contributed by atoms with Crippen LogP contribution in [0.25, 0.3) is 21.8 Å². The van der Waals surface area contributed by atoms with Gasteiger partial charge in [-0.25, -0.2) is 4.98 Å². The van der Waals surface area contributed by atoms with Gasteiger partial charge < -0.3 is 20.3 Å². The number of fused-ring (bicyclic) bond motifs is 2. The number of aliphatic carboxylic acids is 1. The maximum Gasteiger partial charge on any atom is 0.213 e. The minimum Gasteiger partial charge on any atom is -0.548 e. The Kier molecular flexibility index (Phi) is 4.34. The van der Waals surface area contributed by atoms with E-state index in [9.17, 15) is 15.0 Å². The molecule has 3 aromatic carbocycles. The number of phenolic OH excluding ortho intramolecular Hbond substituents is 1. The molecule has 3 N–H and O–H groups in total. The van der Waals surface area contributed by atoms with Gasteiger partial charge in [0.05, 0.1) is 28.5 Å². The smallest absolute Gasteiger partial charge is 0.213 e. The van der Waals surface area contributed by atoms with Gasteiger partial charge >= 0.3 is 0 Å². The first-order valence-corrected chi connectivity index (χ1v) is 8.70. The van der Waals surface area contributed by atoms with Crippen molar-refractivity contribution in [3.63, 3.8) is 0 Å². The van der Waals surface area contributed by atoms with Crippen molar-refractivity contribution in [2.45, 2.75) is 12.5 Å². The Bertz CT molecular complexity index is 1070. The van der Waals surface area contributed by atoms with Crippen molar-refractivity contribution in [2.75, 3.05) is 5.32 Å². The van der Waals surface area contributed by atoms with E-state index in [1.807, 2.05) is 48.5 Å². The molecular formula is C22H18N2O3. The van der Waals surface area contributed by atoms with Gasteiger partial charge in [0.1, 0.15) is 5.75 Å². The average Bonchev–Trinajstić information content (AvgIpc) is 2.68. The fraction of sp³-hybridized carbons (Fsp3) is 0.0909. The molecule has 0 bridgehead atoms. The summed E-state index contributed by atoms with van der Waals surface area (Å²) < 4.78 is 0. The second-order valence-corrected chi connectivity index (χ2v) is 6.48. The molecule has 0 saturated heterocycles. The van der Waals surface area contributed by atoms with Crippen LogP contribution in [0.1, 0.15) is 5.56 Å². The van der Waals surface area contributed by atoms with Crippen molar-refractivity contribution in [2.24, 2.45) is 0 Å². The lowest BCUT2D eigenvalue weighted by Gasteiger charge is -2.22. The number of carbonyl (C=O) groups excluding carboxylic acids is 1. The number of phenols is 1. The van der Waals surface area contributed by atoms with E-state index in [4.69, 9.17) is 0 Å². The molecule has 0 radical (unpaired) electrons. The summed E-state index contributed by atoms with van der Waals surface area (Å²) in [5.74, 6) is -1.03. The molecule has 0 spiro atoms. The standard InChI is InChI=1S/C22H18N2O3/c25-15-11-9-14(10-12-15)13-20(22(26)27)24-21-16-5-1-3-7-18(16)23-19-8-4-2-6-17(19)21/h1-12,20,25H,13H2,(H,23,24)(H,26,27)/t20-/m0/s1. The Balaban J connectivity index is 1.79. The minimum absolute atomic E-state index is 0.146. The van der Waals surface area contributed by atoms with E-state index in [2.05, 4.69) is 10.3 Å². The van der Waals surface area contributed by atoms with E-state index in [1.165, 1.54) is 0 Å². The van der Waals surface area contributed by atoms with Crippen LogP contribution >= 0.6 is 0 Å². The first-order chi connectivity index (χ1) is 13.1. The maximum atomic E-state index is 11.8. The zero-order chi connectivity index (χ0) is 18.8. The minimum atomic E-state index is -1.18. The van der Waals surface area contributed by atoms with Crippen LogP contribution in [-0.2, 0) is 11.2 Å². The van der Waals surface area contributed by atoms with Crippen molar-refractivity contribution in [1.29, 1.82) is 0 Å². The molecule has 4 aromatic rings. The lowest BCUT2D eigenvalue weighted by molar-refractivity contribution is -0.310. The fourth-order valence-corrected chi connectivity index (χ4v) is 3.30. The highest BCUT2D eigenvalue weighted by atomic mass is 16.4. The normalized spacial score (nSPS) is 12.1. The number of carboxylic acids is 1. The van der Waals surface area contributed by atoms with Gasteiger partial charge in [-0.3, -0.25) is 0 Å². The summed E-state index contributed by atoms with van der Waals surface area (Å²) in [5.41, 5.74) is 3.39. The zero-order valence-electron chi connectivity index (χ0n) is 14.5. The Labute approximate surface area is 155 Å². The Morgan fingerprint density at radius 3 is 2.04 bits per heavy atom. The maximum absolute atomic E-state index is 11.8. The third kappa shape index (κ3) is 3.40. The SMILES string of the molecule is O=C([O-])[C@H](Cc1ccc(O)cc1)Nc1c2ccccc2[nH+]c2ccccc12. The lowest BCUT2D eigenvalue weighted by atomic mass is 10.0. The van der Waals surface area contributed by atoms with Crippen molar-refractivity contribution in [1.82, 2.24) is 0 Å². The van der Waals surface area contributed by atoms with Gasteiger partial charge in [0.25, 0.3) is 0 Å². The van der Waals surface area contributed by atoms with Crippen molar-refractivity contribution in [3.05, 3.63) is 78.4 Å². The number of carbonyl (C=O) groups is 1. The summed E-state index contributed by atoms with van der Waals surface area (Å²) >= 11 is 0. The number of aromatic nitrogens is 1. The average molecular weight is 358 g/mol. The summed E-state index contributed by atoms with van der Waals surface area (Å²) in [5, 5.41) is 26.2.